The van der Waals surface area contributed by atoms with Crippen LogP contribution in [-0.2, 0) is 4.79 Å². The van der Waals surface area contributed by atoms with Gasteiger partial charge in [-0.25, -0.2) is 9.37 Å². The number of anilines is 3. The lowest BCUT2D eigenvalue weighted by atomic mass is 9.87. The molecule has 3 N–H and O–H groups in total. The molecular formula is C33H40FN5O4. The van der Waals surface area contributed by atoms with E-state index in [1.54, 1.807) is 0 Å². The molecule has 1 unspecified atom stereocenters. The second-order valence-electron chi connectivity index (χ2n) is 11.8. The first kappa shape index (κ1) is 30.4. The molecule has 43 heavy (non-hydrogen) atoms. The van der Waals surface area contributed by atoms with Crippen LogP contribution >= 0.6 is 0 Å². The Morgan fingerprint density at radius 2 is 1.74 bits per heavy atom. The standard InChI is InChI=1S/C26H27FN4O3.C7H13NO/c1-16-5-3-4-6-23(16)30-9-11-31(12-10-30)24-14-20(27)19(17(2)32)13-21(24)28-25(33)22-15-34-26(29-22)18-7-8-18;8-7-3-1-2-6(4-7)5-9/h3-6,13-15,18H,7-12H2,1-2H3,(H,28,33);5-7H,1-4,8H2/t;6-,7?/m.1/s1. The SMILES string of the molecule is CC(=O)c1cc(NC(=O)c2coc(C3CC3)n2)c(N2CCN(c3ccccc3C)CC2)cc1F.NC1CCC[C@@H](C=O)C1. The Morgan fingerprint density at radius 3 is 2.35 bits per heavy atom. The van der Waals surface area contributed by atoms with Gasteiger partial charge in [-0.1, -0.05) is 24.6 Å². The van der Waals surface area contributed by atoms with Crippen LogP contribution in [0.1, 0.15) is 83.7 Å². The molecule has 2 saturated carbocycles. The number of halogens is 1. The van der Waals surface area contributed by atoms with Crippen molar-refractivity contribution in [2.45, 2.75) is 64.3 Å². The lowest BCUT2D eigenvalue weighted by Gasteiger charge is -2.38. The molecule has 3 aromatic rings. The topological polar surface area (TPSA) is 122 Å². The molecule has 6 rings (SSSR count). The normalized spacial score (nSPS) is 20.2. The van der Waals surface area contributed by atoms with E-state index in [1.807, 2.05) is 17.0 Å². The zero-order valence-electron chi connectivity index (χ0n) is 24.9. The molecule has 0 bridgehead atoms. The number of Topliss-reactive ketones (excluding diaryl/α,β-unsaturated/α-hetero) is 1. The van der Waals surface area contributed by atoms with Crippen LogP contribution < -0.4 is 20.9 Å². The number of rotatable bonds is 7. The second-order valence-corrected chi connectivity index (χ2v) is 11.8. The summed E-state index contributed by atoms with van der Waals surface area (Å²) in [6.07, 6.45) is 8.61. The van der Waals surface area contributed by atoms with E-state index in [4.69, 9.17) is 10.2 Å². The highest BCUT2D eigenvalue weighted by Crippen LogP contribution is 2.39. The van der Waals surface area contributed by atoms with E-state index in [-0.39, 0.29) is 29.1 Å². The molecule has 3 fully saturated rings. The number of benzene rings is 2. The van der Waals surface area contributed by atoms with Crippen LogP contribution in [0.15, 0.2) is 47.1 Å². The van der Waals surface area contributed by atoms with E-state index >= 15 is 0 Å². The fraction of sp³-hybridized carbons (Fsp3) is 0.455. The van der Waals surface area contributed by atoms with Gasteiger partial charge in [-0.05, 0) is 63.6 Å². The number of hydrogen-bond acceptors (Lipinski definition) is 8. The number of ketones is 1. The fourth-order valence-corrected chi connectivity index (χ4v) is 5.79. The third kappa shape index (κ3) is 7.48. The number of hydrogen-bond donors (Lipinski definition) is 2. The third-order valence-electron chi connectivity index (χ3n) is 8.42. The van der Waals surface area contributed by atoms with Gasteiger partial charge in [-0.2, -0.15) is 0 Å². The maximum absolute atomic E-state index is 14.8. The van der Waals surface area contributed by atoms with Gasteiger partial charge in [0.25, 0.3) is 5.91 Å². The van der Waals surface area contributed by atoms with Crippen LogP contribution in [0.25, 0.3) is 0 Å². The van der Waals surface area contributed by atoms with Crippen molar-refractivity contribution in [3.05, 3.63) is 71.2 Å². The maximum atomic E-state index is 14.8. The van der Waals surface area contributed by atoms with E-state index in [2.05, 4.69) is 34.3 Å². The average Bonchev–Trinajstić information content (AvgIpc) is 3.74. The van der Waals surface area contributed by atoms with Crippen molar-refractivity contribution in [1.29, 1.82) is 0 Å². The Kier molecular flexibility index (Phi) is 9.55. The van der Waals surface area contributed by atoms with Crippen molar-refractivity contribution >= 4 is 35.0 Å². The average molecular weight is 590 g/mol. The molecule has 1 aliphatic heterocycles. The predicted octanol–water partition coefficient (Wildman–Crippen LogP) is 5.48. The number of aldehydes is 1. The molecule has 10 heteroatoms. The van der Waals surface area contributed by atoms with Crippen molar-refractivity contribution in [3.8, 4) is 0 Å². The molecule has 1 aromatic heterocycles. The molecule has 2 heterocycles. The quantitative estimate of drug-likeness (QED) is 0.274. The molecule has 0 radical (unpaired) electrons. The summed E-state index contributed by atoms with van der Waals surface area (Å²) in [5, 5.41) is 2.84. The van der Waals surface area contributed by atoms with E-state index in [0.717, 1.165) is 57.9 Å². The van der Waals surface area contributed by atoms with Crippen LogP contribution in [0.2, 0.25) is 0 Å². The molecular weight excluding hydrogens is 549 g/mol. The van der Waals surface area contributed by atoms with Crippen LogP contribution in [-0.4, -0.2) is 55.2 Å². The van der Waals surface area contributed by atoms with E-state index in [1.165, 1.54) is 36.6 Å². The van der Waals surface area contributed by atoms with Crippen molar-refractivity contribution < 1.29 is 23.2 Å². The van der Waals surface area contributed by atoms with Gasteiger partial charge in [-0.3, -0.25) is 9.59 Å². The van der Waals surface area contributed by atoms with Crippen LogP contribution in [0, 0.1) is 18.7 Å². The minimum absolute atomic E-state index is 0.0589. The number of nitrogens with two attached hydrogens (primary N) is 1. The van der Waals surface area contributed by atoms with Crippen LogP contribution in [0.4, 0.5) is 21.5 Å². The van der Waals surface area contributed by atoms with Gasteiger partial charge in [0.15, 0.2) is 17.4 Å². The summed E-state index contributed by atoms with van der Waals surface area (Å²) in [5.41, 5.74) is 9.08. The highest BCUT2D eigenvalue weighted by molar-refractivity contribution is 6.06. The number of amides is 1. The first-order chi connectivity index (χ1) is 20.7. The number of carbonyl (C=O) groups excluding carboxylic acids is 3. The molecule has 1 amide bonds. The molecule has 1 saturated heterocycles. The molecule has 0 spiro atoms. The zero-order chi connectivity index (χ0) is 30.5. The molecule has 2 aromatic carbocycles. The Hall–Kier alpha value is -4.05. The van der Waals surface area contributed by atoms with Crippen molar-refractivity contribution in [3.63, 3.8) is 0 Å². The number of para-hydroxylation sites is 1. The summed E-state index contributed by atoms with van der Waals surface area (Å²) in [6, 6.07) is 11.3. The van der Waals surface area contributed by atoms with E-state index in [0.29, 0.717) is 30.4 Å². The van der Waals surface area contributed by atoms with Crippen molar-refractivity contribution in [2.24, 2.45) is 11.7 Å². The molecule has 2 aliphatic carbocycles. The Balaban J connectivity index is 0.000000351. The molecule has 228 valence electrons. The monoisotopic (exact) mass is 589 g/mol. The van der Waals surface area contributed by atoms with Gasteiger partial charge >= 0.3 is 0 Å². The van der Waals surface area contributed by atoms with Gasteiger partial charge in [0.2, 0.25) is 0 Å². The Morgan fingerprint density at radius 1 is 1.05 bits per heavy atom. The Bertz CT molecular complexity index is 1460. The van der Waals surface area contributed by atoms with E-state index in [9.17, 15) is 18.8 Å². The summed E-state index contributed by atoms with van der Waals surface area (Å²) in [5.74, 6) is -0.330. The predicted molar refractivity (Wildman–Crippen MR) is 164 cm³/mol. The number of piperazine rings is 1. The second kappa shape index (κ2) is 13.5. The summed E-state index contributed by atoms with van der Waals surface area (Å²) in [7, 11) is 0. The summed E-state index contributed by atoms with van der Waals surface area (Å²) in [4.78, 5) is 43.8. The summed E-state index contributed by atoms with van der Waals surface area (Å²) < 4.78 is 20.2. The smallest absolute Gasteiger partial charge is 0.277 e. The number of nitrogens with zero attached hydrogens (tertiary/aromatic N) is 3. The van der Waals surface area contributed by atoms with Crippen LogP contribution in [0.3, 0.4) is 0 Å². The van der Waals surface area contributed by atoms with Gasteiger partial charge in [0, 0.05) is 55.8 Å². The first-order valence-electron chi connectivity index (χ1n) is 15.1. The largest absolute Gasteiger partial charge is 0.448 e. The Labute approximate surface area is 251 Å². The number of nitrogens with one attached hydrogen (secondary N) is 1. The van der Waals surface area contributed by atoms with Gasteiger partial charge in [0.1, 0.15) is 18.4 Å². The number of oxazole rings is 1. The molecule has 3 aliphatic rings. The third-order valence-corrected chi connectivity index (χ3v) is 8.42. The van der Waals surface area contributed by atoms with Crippen molar-refractivity contribution in [1.82, 2.24) is 4.98 Å². The number of aryl methyl sites for hydroxylation is 1. The summed E-state index contributed by atoms with van der Waals surface area (Å²) >= 11 is 0. The number of aromatic nitrogens is 1. The van der Waals surface area contributed by atoms with E-state index < -0.39 is 17.5 Å². The summed E-state index contributed by atoms with van der Waals surface area (Å²) in [6.45, 7) is 6.19. The lowest BCUT2D eigenvalue weighted by molar-refractivity contribution is -0.112. The highest BCUT2D eigenvalue weighted by Gasteiger charge is 2.30. The van der Waals surface area contributed by atoms with Gasteiger partial charge in [0.05, 0.1) is 16.9 Å². The minimum Gasteiger partial charge on any atom is -0.448 e. The minimum atomic E-state index is -0.598. The molecule has 2 atom stereocenters. The number of carbonyl (C=O) groups is 3. The van der Waals surface area contributed by atoms with Crippen molar-refractivity contribution in [2.75, 3.05) is 41.3 Å². The highest BCUT2D eigenvalue weighted by atomic mass is 19.1. The lowest BCUT2D eigenvalue weighted by Crippen LogP contribution is -2.47. The first-order valence-corrected chi connectivity index (χ1v) is 15.1. The zero-order valence-corrected chi connectivity index (χ0v) is 24.9. The fourth-order valence-electron chi connectivity index (χ4n) is 5.79. The van der Waals surface area contributed by atoms with Gasteiger partial charge < -0.3 is 30.1 Å². The van der Waals surface area contributed by atoms with Crippen LogP contribution in [0.5, 0.6) is 0 Å². The molecule has 9 nitrogen and oxygen atoms in total. The van der Waals surface area contributed by atoms with Gasteiger partial charge in [-0.15, -0.1) is 0 Å². The maximum Gasteiger partial charge on any atom is 0.277 e.